The molecule has 0 heterocycles. The second-order valence-corrected chi connectivity index (χ2v) is 5.16. The summed E-state index contributed by atoms with van der Waals surface area (Å²) in [4.78, 5) is 0. The maximum Gasteiger partial charge on any atom is 0.104 e. The van der Waals surface area contributed by atoms with Crippen LogP contribution in [0.5, 0.6) is 0 Å². The van der Waals surface area contributed by atoms with Crippen LogP contribution in [0.15, 0.2) is 0 Å². The fourth-order valence-corrected chi connectivity index (χ4v) is 2.10. The normalized spacial score (nSPS) is 12.8. The van der Waals surface area contributed by atoms with Gasteiger partial charge in [-0.05, 0) is 25.8 Å². The first-order valence-corrected chi connectivity index (χ1v) is 7.83. The Morgan fingerprint density at radius 1 is 0.833 bits per heavy atom. The number of unbranched alkanes of at least 4 members (excludes halogenated alkanes) is 8. The van der Waals surface area contributed by atoms with Crippen LogP contribution >= 0.6 is 0 Å². The van der Waals surface area contributed by atoms with Crippen molar-refractivity contribution in [2.24, 2.45) is 0 Å². The predicted octanol–water partition coefficient (Wildman–Crippen LogP) is 3.20. The van der Waals surface area contributed by atoms with E-state index in [-0.39, 0.29) is 12.8 Å². The monoisotopic (exact) mass is 259 g/mol. The number of aliphatic hydroxyl groups is 2. The Balaban J connectivity index is 3.05. The standard InChI is InChI=1S/C15H33NO2/c1-2-3-4-5-6-7-8-9-10-12-15(18)16-13-11-14-17/h15-18H,2-14H2,1H3. The number of hydrogen-bond acceptors (Lipinski definition) is 3. The average Bonchev–Trinajstić information content (AvgIpc) is 2.37. The highest BCUT2D eigenvalue weighted by atomic mass is 16.3. The molecule has 3 heteroatoms. The molecular weight excluding hydrogens is 226 g/mol. The summed E-state index contributed by atoms with van der Waals surface area (Å²) in [6.45, 7) is 3.15. The van der Waals surface area contributed by atoms with E-state index >= 15 is 0 Å². The third kappa shape index (κ3) is 13.9. The van der Waals surface area contributed by atoms with Gasteiger partial charge < -0.3 is 10.2 Å². The molecule has 0 saturated heterocycles. The van der Waals surface area contributed by atoms with Crippen LogP contribution in [0.25, 0.3) is 0 Å². The Bertz CT molecular complexity index is 153. The first-order chi connectivity index (χ1) is 8.81. The summed E-state index contributed by atoms with van der Waals surface area (Å²) in [6.07, 6.45) is 13.0. The summed E-state index contributed by atoms with van der Waals surface area (Å²) in [7, 11) is 0. The quantitative estimate of drug-likeness (QED) is 0.332. The van der Waals surface area contributed by atoms with Crippen LogP contribution in [0.4, 0.5) is 0 Å². The lowest BCUT2D eigenvalue weighted by atomic mass is 10.1. The van der Waals surface area contributed by atoms with Gasteiger partial charge >= 0.3 is 0 Å². The number of rotatable bonds is 14. The molecule has 0 fully saturated rings. The van der Waals surface area contributed by atoms with E-state index in [4.69, 9.17) is 5.11 Å². The van der Waals surface area contributed by atoms with E-state index in [2.05, 4.69) is 12.2 Å². The third-order valence-electron chi connectivity index (χ3n) is 3.30. The zero-order valence-corrected chi connectivity index (χ0v) is 12.2. The summed E-state index contributed by atoms with van der Waals surface area (Å²) in [6, 6.07) is 0. The number of hydrogen-bond donors (Lipinski definition) is 3. The molecule has 0 aromatic carbocycles. The molecule has 0 spiro atoms. The van der Waals surface area contributed by atoms with Crippen LogP contribution in [0.2, 0.25) is 0 Å². The predicted molar refractivity (Wildman–Crippen MR) is 77.6 cm³/mol. The molecule has 0 bridgehead atoms. The molecule has 0 aliphatic carbocycles. The Morgan fingerprint density at radius 3 is 1.94 bits per heavy atom. The highest BCUT2D eigenvalue weighted by Crippen LogP contribution is 2.10. The first-order valence-electron chi connectivity index (χ1n) is 7.83. The molecule has 18 heavy (non-hydrogen) atoms. The van der Waals surface area contributed by atoms with E-state index in [1.807, 2.05) is 0 Å². The highest BCUT2D eigenvalue weighted by Gasteiger charge is 2.01. The first kappa shape index (κ1) is 17.9. The second-order valence-electron chi connectivity index (χ2n) is 5.16. The smallest absolute Gasteiger partial charge is 0.104 e. The summed E-state index contributed by atoms with van der Waals surface area (Å²) in [5.74, 6) is 0. The van der Waals surface area contributed by atoms with Crippen molar-refractivity contribution in [2.45, 2.75) is 83.8 Å². The van der Waals surface area contributed by atoms with E-state index in [9.17, 15) is 5.11 Å². The summed E-state index contributed by atoms with van der Waals surface area (Å²) < 4.78 is 0. The topological polar surface area (TPSA) is 52.5 Å². The molecule has 0 aliphatic heterocycles. The van der Waals surface area contributed by atoms with Crippen LogP contribution < -0.4 is 5.32 Å². The van der Waals surface area contributed by atoms with Gasteiger partial charge in [0.2, 0.25) is 0 Å². The molecule has 0 aromatic heterocycles. The molecule has 1 atom stereocenters. The van der Waals surface area contributed by atoms with E-state index in [1.54, 1.807) is 0 Å². The van der Waals surface area contributed by atoms with Gasteiger partial charge in [0.25, 0.3) is 0 Å². The van der Waals surface area contributed by atoms with E-state index in [0.29, 0.717) is 6.54 Å². The van der Waals surface area contributed by atoms with Crippen molar-refractivity contribution in [1.82, 2.24) is 5.32 Å². The Hall–Kier alpha value is -0.120. The van der Waals surface area contributed by atoms with Crippen LogP contribution in [0, 0.1) is 0 Å². The summed E-state index contributed by atoms with van der Waals surface area (Å²) in [5, 5.41) is 21.2. The number of aliphatic hydroxyl groups excluding tert-OH is 2. The van der Waals surface area contributed by atoms with Gasteiger partial charge in [-0.1, -0.05) is 58.3 Å². The summed E-state index contributed by atoms with van der Waals surface area (Å²) >= 11 is 0. The van der Waals surface area contributed by atoms with Gasteiger partial charge in [-0.2, -0.15) is 0 Å². The van der Waals surface area contributed by atoms with Gasteiger partial charge in [0.15, 0.2) is 0 Å². The SMILES string of the molecule is CCCCCCCCCCCC(O)NCCCO. The lowest BCUT2D eigenvalue weighted by molar-refractivity contribution is 0.121. The maximum atomic E-state index is 9.58. The van der Waals surface area contributed by atoms with Crippen LogP contribution in [0.3, 0.4) is 0 Å². The molecule has 3 N–H and O–H groups in total. The summed E-state index contributed by atoms with van der Waals surface area (Å²) in [5.41, 5.74) is 0. The van der Waals surface area contributed by atoms with Crippen molar-refractivity contribution in [2.75, 3.05) is 13.2 Å². The third-order valence-corrected chi connectivity index (χ3v) is 3.30. The molecule has 0 rings (SSSR count). The fourth-order valence-electron chi connectivity index (χ4n) is 2.10. The minimum atomic E-state index is -0.388. The molecule has 110 valence electrons. The van der Waals surface area contributed by atoms with Gasteiger partial charge in [-0.25, -0.2) is 0 Å². The minimum absolute atomic E-state index is 0.192. The minimum Gasteiger partial charge on any atom is -0.396 e. The second kappa shape index (κ2) is 14.9. The van der Waals surface area contributed by atoms with Crippen LogP contribution in [0.1, 0.15) is 77.6 Å². The highest BCUT2D eigenvalue weighted by molar-refractivity contribution is 4.55. The van der Waals surface area contributed by atoms with Gasteiger partial charge in [-0.3, -0.25) is 5.32 Å². The Kier molecular flexibility index (Phi) is 14.8. The fraction of sp³-hybridized carbons (Fsp3) is 1.00. The van der Waals surface area contributed by atoms with E-state index < -0.39 is 0 Å². The molecule has 0 radical (unpaired) electrons. The van der Waals surface area contributed by atoms with Crippen molar-refractivity contribution in [3.63, 3.8) is 0 Å². The molecular formula is C15H33NO2. The Labute approximate surface area is 113 Å². The average molecular weight is 259 g/mol. The van der Waals surface area contributed by atoms with E-state index in [1.165, 1.54) is 51.4 Å². The van der Waals surface area contributed by atoms with Crippen molar-refractivity contribution in [3.8, 4) is 0 Å². The zero-order valence-electron chi connectivity index (χ0n) is 12.2. The Morgan fingerprint density at radius 2 is 1.39 bits per heavy atom. The van der Waals surface area contributed by atoms with Gasteiger partial charge in [-0.15, -0.1) is 0 Å². The van der Waals surface area contributed by atoms with Crippen LogP contribution in [-0.4, -0.2) is 29.6 Å². The molecule has 3 nitrogen and oxygen atoms in total. The molecule has 0 aliphatic rings. The molecule has 0 amide bonds. The largest absolute Gasteiger partial charge is 0.396 e. The zero-order chi connectivity index (χ0) is 13.5. The van der Waals surface area contributed by atoms with Gasteiger partial charge in [0, 0.05) is 6.61 Å². The van der Waals surface area contributed by atoms with E-state index in [0.717, 1.165) is 19.3 Å². The van der Waals surface area contributed by atoms with Crippen LogP contribution in [-0.2, 0) is 0 Å². The molecule has 1 unspecified atom stereocenters. The van der Waals surface area contributed by atoms with Gasteiger partial charge in [0.1, 0.15) is 6.23 Å². The van der Waals surface area contributed by atoms with Crippen molar-refractivity contribution < 1.29 is 10.2 Å². The van der Waals surface area contributed by atoms with Crippen molar-refractivity contribution >= 4 is 0 Å². The van der Waals surface area contributed by atoms with Crippen molar-refractivity contribution in [1.29, 1.82) is 0 Å². The number of nitrogens with one attached hydrogen (secondary N) is 1. The van der Waals surface area contributed by atoms with Gasteiger partial charge in [0.05, 0.1) is 0 Å². The lowest BCUT2D eigenvalue weighted by Gasteiger charge is -2.11. The maximum absolute atomic E-state index is 9.58. The molecule has 0 aromatic rings. The lowest BCUT2D eigenvalue weighted by Crippen LogP contribution is -2.29. The van der Waals surface area contributed by atoms with Crippen molar-refractivity contribution in [3.05, 3.63) is 0 Å². The molecule has 0 saturated carbocycles.